The quantitative estimate of drug-likeness (QED) is 0.282. The van der Waals surface area contributed by atoms with E-state index in [1.165, 1.54) is 0 Å². The maximum absolute atomic E-state index is 13.0. The van der Waals surface area contributed by atoms with Crippen molar-refractivity contribution in [3.05, 3.63) is 117 Å². The van der Waals surface area contributed by atoms with Crippen LogP contribution in [-0.2, 0) is 0 Å². The van der Waals surface area contributed by atoms with Crippen molar-refractivity contribution in [2.45, 2.75) is 0 Å². The van der Waals surface area contributed by atoms with E-state index in [4.69, 9.17) is 27.6 Å². The molecule has 1 aromatic heterocycles. The first-order valence-electron chi connectivity index (χ1n) is 9.78. The van der Waals surface area contributed by atoms with Gasteiger partial charge in [-0.2, -0.15) is 0 Å². The van der Waals surface area contributed by atoms with Crippen molar-refractivity contribution in [1.82, 2.24) is 0 Å². The monoisotopic (exact) mass is 442 g/mol. The molecule has 0 unspecified atom stereocenters. The Labute approximate surface area is 189 Å². The lowest BCUT2D eigenvalue weighted by molar-refractivity contribution is 0.620. The Bertz CT molecular complexity index is 1440. The highest BCUT2D eigenvalue weighted by Crippen LogP contribution is 2.39. The van der Waals surface area contributed by atoms with E-state index < -0.39 is 0 Å². The van der Waals surface area contributed by atoms with E-state index in [-0.39, 0.29) is 5.43 Å². The van der Waals surface area contributed by atoms with Gasteiger partial charge in [-0.1, -0.05) is 83.9 Å². The largest absolute Gasteiger partial charge is 0.455 e. The third kappa shape index (κ3) is 3.76. The molecule has 5 aromatic rings. The number of halogens is 2. The molecule has 0 N–H and O–H groups in total. The molecule has 0 saturated heterocycles. The summed E-state index contributed by atoms with van der Waals surface area (Å²) in [6, 6.07) is 30.1. The number of hydrogen-bond acceptors (Lipinski definition) is 2. The standard InChI is InChI=1S/C27H16Cl2O2/c28-20-10-6-17(7-11-20)22-14-15-23-24(30)16-25(18-4-2-1-3-5-18)31-27(23)26(22)19-8-12-21(29)13-9-19/h1-16H. The van der Waals surface area contributed by atoms with Crippen LogP contribution in [-0.4, -0.2) is 0 Å². The highest BCUT2D eigenvalue weighted by atomic mass is 35.5. The van der Waals surface area contributed by atoms with E-state index in [1.807, 2.05) is 91.0 Å². The molecular formula is C27H16Cl2O2. The number of fused-ring (bicyclic) bond motifs is 1. The van der Waals surface area contributed by atoms with E-state index in [2.05, 4.69) is 0 Å². The van der Waals surface area contributed by atoms with Crippen molar-refractivity contribution in [2.75, 3.05) is 0 Å². The first kappa shape index (κ1) is 19.6. The maximum atomic E-state index is 13.0. The molecule has 4 heteroatoms. The first-order chi connectivity index (χ1) is 15.1. The summed E-state index contributed by atoms with van der Waals surface area (Å²) in [5, 5.41) is 1.83. The molecule has 0 aliphatic rings. The number of benzene rings is 4. The molecule has 0 fully saturated rings. The molecule has 0 bridgehead atoms. The minimum absolute atomic E-state index is 0.0852. The fourth-order valence-corrected chi connectivity index (χ4v) is 3.99. The van der Waals surface area contributed by atoms with Gasteiger partial charge in [0, 0.05) is 27.2 Å². The van der Waals surface area contributed by atoms with Crippen molar-refractivity contribution in [1.29, 1.82) is 0 Å². The van der Waals surface area contributed by atoms with Gasteiger partial charge in [-0.05, 0) is 47.0 Å². The van der Waals surface area contributed by atoms with Gasteiger partial charge in [0.1, 0.15) is 11.3 Å². The van der Waals surface area contributed by atoms with E-state index in [0.29, 0.717) is 26.8 Å². The molecule has 0 radical (unpaired) electrons. The molecular weight excluding hydrogens is 427 g/mol. The smallest absolute Gasteiger partial charge is 0.193 e. The lowest BCUT2D eigenvalue weighted by Gasteiger charge is -2.14. The van der Waals surface area contributed by atoms with Gasteiger partial charge in [-0.3, -0.25) is 4.79 Å². The summed E-state index contributed by atoms with van der Waals surface area (Å²) in [5.41, 5.74) is 4.98. The van der Waals surface area contributed by atoms with Crippen molar-refractivity contribution < 1.29 is 4.42 Å². The van der Waals surface area contributed by atoms with Crippen LogP contribution in [0.25, 0.3) is 44.5 Å². The molecule has 5 rings (SSSR count). The average molecular weight is 443 g/mol. The zero-order valence-electron chi connectivity index (χ0n) is 16.3. The van der Waals surface area contributed by atoms with E-state index in [0.717, 1.165) is 27.8 Å². The molecule has 31 heavy (non-hydrogen) atoms. The average Bonchev–Trinajstić information content (AvgIpc) is 2.80. The Morgan fingerprint density at radius 2 is 1.23 bits per heavy atom. The Kier molecular flexibility index (Phi) is 5.11. The van der Waals surface area contributed by atoms with Crippen molar-refractivity contribution in [3.63, 3.8) is 0 Å². The highest BCUT2D eigenvalue weighted by Gasteiger charge is 2.17. The van der Waals surface area contributed by atoms with Crippen molar-refractivity contribution in [3.8, 4) is 33.6 Å². The predicted octanol–water partition coefficient (Wildman–Crippen LogP) is 8.10. The van der Waals surface area contributed by atoms with Crippen LogP contribution in [0.3, 0.4) is 0 Å². The Hall–Kier alpha value is -3.33. The summed E-state index contributed by atoms with van der Waals surface area (Å²) in [6.45, 7) is 0. The maximum Gasteiger partial charge on any atom is 0.193 e. The van der Waals surface area contributed by atoms with E-state index >= 15 is 0 Å². The van der Waals surface area contributed by atoms with Gasteiger partial charge in [0.05, 0.1) is 5.39 Å². The Morgan fingerprint density at radius 3 is 1.87 bits per heavy atom. The number of rotatable bonds is 3. The molecule has 0 spiro atoms. The van der Waals surface area contributed by atoms with Gasteiger partial charge in [0.15, 0.2) is 5.43 Å². The lowest BCUT2D eigenvalue weighted by Crippen LogP contribution is -2.02. The zero-order chi connectivity index (χ0) is 21.4. The van der Waals surface area contributed by atoms with Gasteiger partial charge in [-0.25, -0.2) is 0 Å². The normalized spacial score (nSPS) is 11.0. The summed E-state index contributed by atoms with van der Waals surface area (Å²) in [5.74, 6) is 0.529. The summed E-state index contributed by atoms with van der Waals surface area (Å²) < 4.78 is 6.37. The zero-order valence-corrected chi connectivity index (χ0v) is 17.8. The van der Waals surface area contributed by atoms with Crippen molar-refractivity contribution >= 4 is 34.2 Å². The van der Waals surface area contributed by atoms with Crippen LogP contribution in [0.4, 0.5) is 0 Å². The summed E-state index contributed by atoms with van der Waals surface area (Å²) in [7, 11) is 0. The fraction of sp³-hybridized carbons (Fsp3) is 0. The van der Waals surface area contributed by atoms with Gasteiger partial charge in [0.25, 0.3) is 0 Å². The van der Waals surface area contributed by atoms with E-state index in [1.54, 1.807) is 6.07 Å². The third-order valence-electron chi connectivity index (χ3n) is 5.24. The van der Waals surface area contributed by atoms with Gasteiger partial charge in [-0.15, -0.1) is 0 Å². The second-order valence-corrected chi connectivity index (χ2v) is 8.09. The second-order valence-electron chi connectivity index (χ2n) is 7.22. The molecule has 0 aliphatic carbocycles. The minimum atomic E-state index is -0.0852. The lowest BCUT2D eigenvalue weighted by atomic mass is 9.92. The molecule has 0 amide bonds. The second kappa shape index (κ2) is 8.07. The molecule has 0 aliphatic heterocycles. The molecule has 1 heterocycles. The predicted molar refractivity (Wildman–Crippen MR) is 129 cm³/mol. The fourth-order valence-electron chi connectivity index (χ4n) is 3.74. The van der Waals surface area contributed by atoms with Crippen LogP contribution in [0, 0.1) is 0 Å². The molecule has 150 valence electrons. The minimum Gasteiger partial charge on any atom is -0.455 e. The van der Waals surface area contributed by atoms with Crippen LogP contribution in [0.15, 0.2) is 106 Å². The summed E-state index contributed by atoms with van der Waals surface area (Å²) in [6.07, 6.45) is 0. The van der Waals surface area contributed by atoms with Gasteiger partial charge < -0.3 is 4.42 Å². The van der Waals surface area contributed by atoms with Crippen molar-refractivity contribution in [2.24, 2.45) is 0 Å². The first-order valence-corrected chi connectivity index (χ1v) is 10.5. The van der Waals surface area contributed by atoms with Gasteiger partial charge >= 0.3 is 0 Å². The molecule has 2 nitrogen and oxygen atoms in total. The van der Waals surface area contributed by atoms with E-state index in [9.17, 15) is 4.79 Å². The highest BCUT2D eigenvalue weighted by molar-refractivity contribution is 6.31. The van der Waals surface area contributed by atoms with Gasteiger partial charge in [0.2, 0.25) is 0 Å². The van der Waals surface area contributed by atoms with Crippen LogP contribution >= 0.6 is 23.2 Å². The van der Waals surface area contributed by atoms with Crippen LogP contribution in [0.1, 0.15) is 0 Å². The molecule has 0 saturated carbocycles. The summed E-state index contributed by atoms with van der Waals surface area (Å²) in [4.78, 5) is 13.0. The Balaban J connectivity index is 1.87. The van der Waals surface area contributed by atoms with Crippen LogP contribution in [0.5, 0.6) is 0 Å². The summed E-state index contributed by atoms with van der Waals surface area (Å²) >= 11 is 12.2. The number of hydrogen-bond donors (Lipinski definition) is 0. The molecule has 0 atom stereocenters. The topological polar surface area (TPSA) is 30.2 Å². The molecule has 4 aromatic carbocycles. The van der Waals surface area contributed by atoms with Crippen LogP contribution in [0.2, 0.25) is 10.0 Å². The Morgan fingerprint density at radius 1 is 0.613 bits per heavy atom. The SMILES string of the molecule is O=c1cc(-c2ccccc2)oc2c(-c3ccc(Cl)cc3)c(-c3ccc(Cl)cc3)ccc12. The van der Waals surface area contributed by atoms with Crippen LogP contribution < -0.4 is 5.43 Å². The third-order valence-corrected chi connectivity index (χ3v) is 5.75.